The van der Waals surface area contributed by atoms with Crippen molar-refractivity contribution < 1.29 is 5.48 Å². The van der Waals surface area contributed by atoms with Gasteiger partial charge in [0.05, 0.1) is 11.4 Å². The van der Waals surface area contributed by atoms with E-state index in [4.69, 9.17) is 17.2 Å². The maximum atomic E-state index is 5.77. The molecule has 5 nitrogen and oxygen atoms in total. The lowest BCUT2D eigenvalue weighted by Crippen LogP contribution is -2.16. The standard InChI is InChI=1S/C10H16N4.ClH.H2O/c1-6(2)14-10(13)7-3-4-8(11)9(12)5-7;;/h3-6H,11-12H2,1-2H3,(H2,13,14);1H;1H2. The predicted octanol–water partition coefficient (Wildman–Crippen LogP) is 0.562. The molecule has 1 rings (SSSR count). The Morgan fingerprint density at radius 2 is 1.75 bits per heavy atom. The molecule has 1 aromatic carbocycles. The number of rotatable bonds is 2. The Balaban J connectivity index is 0. The van der Waals surface area contributed by atoms with Gasteiger partial charge in [-0.05, 0) is 32.0 Å². The van der Waals surface area contributed by atoms with Gasteiger partial charge in [-0.2, -0.15) is 0 Å². The Kier molecular flexibility index (Phi) is 7.33. The molecule has 92 valence electrons. The van der Waals surface area contributed by atoms with E-state index in [0.717, 1.165) is 5.56 Å². The van der Waals surface area contributed by atoms with Crippen molar-refractivity contribution in [3.63, 3.8) is 0 Å². The third-order valence-corrected chi connectivity index (χ3v) is 1.78. The van der Waals surface area contributed by atoms with Crippen molar-refractivity contribution in [2.75, 3.05) is 11.5 Å². The first-order valence-corrected chi connectivity index (χ1v) is 4.49. The lowest BCUT2D eigenvalue weighted by molar-refractivity contribution is 0.824. The number of hydrogen-bond acceptors (Lipinski definition) is 3. The van der Waals surface area contributed by atoms with Crippen LogP contribution in [0.1, 0.15) is 19.4 Å². The molecule has 0 heterocycles. The molecule has 0 atom stereocenters. The first-order valence-electron chi connectivity index (χ1n) is 4.49. The number of halogens is 1. The second-order valence-corrected chi connectivity index (χ2v) is 3.45. The molecule has 0 aliphatic carbocycles. The van der Waals surface area contributed by atoms with Gasteiger partial charge in [0.2, 0.25) is 0 Å². The van der Waals surface area contributed by atoms with Gasteiger partial charge in [0.1, 0.15) is 5.84 Å². The Bertz CT molecular complexity index is 366. The average Bonchev–Trinajstić information content (AvgIpc) is 2.08. The molecule has 0 spiro atoms. The molecule has 0 radical (unpaired) electrons. The molecule has 0 unspecified atom stereocenters. The van der Waals surface area contributed by atoms with Crippen LogP contribution in [0.2, 0.25) is 0 Å². The molecule has 0 aliphatic heterocycles. The van der Waals surface area contributed by atoms with E-state index < -0.39 is 0 Å². The van der Waals surface area contributed by atoms with E-state index in [1.807, 2.05) is 19.9 Å². The van der Waals surface area contributed by atoms with Crippen molar-refractivity contribution in [3.05, 3.63) is 23.8 Å². The van der Waals surface area contributed by atoms with E-state index in [1.165, 1.54) is 0 Å². The van der Waals surface area contributed by atoms with Gasteiger partial charge in [-0.15, -0.1) is 12.4 Å². The Labute approximate surface area is 101 Å². The summed E-state index contributed by atoms with van der Waals surface area (Å²) in [6.45, 7) is 3.93. The Hall–Kier alpha value is -1.46. The summed E-state index contributed by atoms with van der Waals surface area (Å²) in [5.74, 6) is 0.492. The van der Waals surface area contributed by atoms with Crippen LogP contribution in [0.3, 0.4) is 0 Å². The van der Waals surface area contributed by atoms with Gasteiger partial charge in [-0.3, -0.25) is 4.99 Å². The van der Waals surface area contributed by atoms with Crippen molar-refractivity contribution in [3.8, 4) is 0 Å². The molecule has 0 saturated carbocycles. The van der Waals surface area contributed by atoms with Gasteiger partial charge in [0.15, 0.2) is 0 Å². The zero-order chi connectivity index (χ0) is 10.7. The number of anilines is 2. The first kappa shape index (κ1) is 17.0. The summed E-state index contributed by atoms with van der Waals surface area (Å²) < 4.78 is 0. The van der Waals surface area contributed by atoms with E-state index in [9.17, 15) is 0 Å². The minimum Gasteiger partial charge on any atom is -0.412 e. The van der Waals surface area contributed by atoms with E-state index >= 15 is 0 Å². The molecule has 8 N–H and O–H groups in total. The van der Waals surface area contributed by atoms with Crippen molar-refractivity contribution >= 4 is 29.6 Å². The molecule has 0 aliphatic rings. The fourth-order valence-corrected chi connectivity index (χ4v) is 1.09. The summed E-state index contributed by atoms with van der Waals surface area (Å²) in [7, 11) is 0. The van der Waals surface area contributed by atoms with Crippen LogP contribution >= 0.6 is 12.4 Å². The molecule has 0 bridgehead atoms. The fourth-order valence-electron chi connectivity index (χ4n) is 1.09. The second-order valence-electron chi connectivity index (χ2n) is 3.45. The van der Waals surface area contributed by atoms with Crippen molar-refractivity contribution in [1.82, 2.24) is 0 Å². The number of benzene rings is 1. The van der Waals surface area contributed by atoms with Crippen LogP contribution in [0.15, 0.2) is 23.2 Å². The topological polar surface area (TPSA) is 122 Å². The van der Waals surface area contributed by atoms with Gasteiger partial charge in [0.25, 0.3) is 0 Å². The van der Waals surface area contributed by atoms with Crippen LogP contribution in [0, 0.1) is 0 Å². The molecule has 0 aromatic heterocycles. The summed E-state index contributed by atoms with van der Waals surface area (Å²) >= 11 is 0. The quantitative estimate of drug-likeness (QED) is 0.401. The molecule has 0 fully saturated rings. The summed E-state index contributed by atoms with van der Waals surface area (Å²) in [6, 6.07) is 5.45. The summed E-state index contributed by atoms with van der Waals surface area (Å²) in [4.78, 5) is 4.22. The second kappa shape index (κ2) is 6.92. The van der Waals surface area contributed by atoms with E-state index in [-0.39, 0.29) is 23.9 Å². The number of amidine groups is 1. The number of nitrogen functional groups attached to an aromatic ring is 2. The largest absolute Gasteiger partial charge is 0.412 e. The highest BCUT2D eigenvalue weighted by Gasteiger charge is 2.01. The first-order chi connectivity index (χ1) is 6.50. The fraction of sp³-hybridized carbons (Fsp3) is 0.300. The molecule has 6 heteroatoms. The van der Waals surface area contributed by atoms with Gasteiger partial charge in [-0.1, -0.05) is 0 Å². The number of nitrogens with zero attached hydrogens (tertiary/aromatic N) is 1. The zero-order valence-electron chi connectivity index (χ0n) is 9.40. The third-order valence-electron chi connectivity index (χ3n) is 1.78. The highest BCUT2D eigenvalue weighted by atomic mass is 35.5. The normalized spacial score (nSPS) is 10.6. The highest BCUT2D eigenvalue weighted by Crippen LogP contribution is 2.15. The molecule has 1 aromatic rings. The number of aliphatic imine (C=N–C) groups is 1. The Morgan fingerprint density at radius 1 is 1.19 bits per heavy atom. The Morgan fingerprint density at radius 3 is 2.19 bits per heavy atom. The van der Waals surface area contributed by atoms with E-state index in [1.54, 1.807) is 12.1 Å². The minimum atomic E-state index is 0. The van der Waals surface area contributed by atoms with Gasteiger partial charge >= 0.3 is 0 Å². The van der Waals surface area contributed by atoms with Crippen LogP contribution < -0.4 is 17.2 Å². The summed E-state index contributed by atoms with van der Waals surface area (Å²) in [5, 5.41) is 0. The molecular formula is C10H19ClN4O. The van der Waals surface area contributed by atoms with Crippen molar-refractivity contribution in [1.29, 1.82) is 0 Å². The van der Waals surface area contributed by atoms with Gasteiger partial charge in [0, 0.05) is 11.6 Å². The van der Waals surface area contributed by atoms with Crippen LogP contribution in [-0.2, 0) is 0 Å². The molecule has 16 heavy (non-hydrogen) atoms. The molecular weight excluding hydrogens is 228 g/mol. The van der Waals surface area contributed by atoms with E-state index in [0.29, 0.717) is 17.2 Å². The smallest absolute Gasteiger partial charge is 0.125 e. The summed E-state index contributed by atoms with van der Waals surface area (Å²) in [6.07, 6.45) is 0. The average molecular weight is 247 g/mol. The SMILES string of the molecule is CC(C)N=C(N)c1ccc(N)c(N)c1.Cl.O. The molecule has 0 saturated heterocycles. The van der Waals surface area contributed by atoms with Gasteiger partial charge < -0.3 is 22.7 Å². The maximum absolute atomic E-state index is 5.77. The van der Waals surface area contributed by atoms with Crippen LogP contribution in [-0.4, -0.2) is 17.4 Å². The van der Waals surface area contributed by atoms with Crippen LogP contribution in [0.5, 0.6) is 0 Å². The maximum Gasteiger partial charge on any atom is 0.125 e. The molecule has 0 amide bonds. The lowest BCUT2D eigenvalue weighted by Gasteiger charge is -2.05. The zero-order valence-corrected chi connectivity index (χ0v) is 10.2. The van der Waals surface area contributed by atoms with Crippen LogP contribution in [0.25, 0.3) is 0 Å². The van der Waals surface area contributed by atoms with Crippen LogP contribution in [0.4, 0.5) is 11.4 Å². The van der Waals surface area contributed by atoms with Gasteiger partial charge in [-0.25, -0.2) is 0 Å². The predicted molar refractivity (Wildman–Crippen MR) is 72.0 cm³/mol. The summed E-state index contributed by atoms with van der Waals surface area (Å²) in [5.41, 5.74) is 18.9. The number of hydrogen-bond donors (Lipinski definition) is 3. The third kappa shape index (κ3) is 4.37. The number of nitrogens with two attached hydrogens (primary N) is 3. The minimum absolute atomic E-state index is 0. The van der Waals surface area contributed by atoms with Crippen molar-refractivity contribution in [2.24, 2.45) is 10.7 Å². The van der Waals surface area contributed by atoms with E-state index in [2.05, 4.69) is 4.99 Å². The lowest BCUT2D eigenvalue weighted by atomic mass is 10.1. The highest BCUT2D eigenvalue weighted by molar-refractivity contribution is 5.99. The monoisotopic (exact) mass is 246 g/mol. The van der Waals surface area contributed by atoms with Crippen molar-refractivity contribution in [2.45, 2.75) is 19.9 Å².